The van der Waals surface area contributed by atoms with E-state index in [2.05, 4.69) is 83.4 Å². The summed E-state index contributed by atoms with van der Waals surface area (Å²) in [6.07, 6.45) is 0. The summed E-state index contributed by atoms with van der Waals surface area (Å²) in [5.41, 5.74) is 7.65. The van der Waals surface area contributed by atoms with Crippen LogP contribution in [0.4, 0.5) is 0 Å². The molecule has 0 amide bonds. The first kappa shape index (κ1) is 16.4. The molecule has 5 rings (SSSR count). The van der Waals surface area contributed by atoms with Crippen molar-refractivity contribution in [3.05, 3.63) is 96.6 Å². The first-order valence-electron chi connectivity index (χ1n) is 9.33. The van der Waals surface area contributed by atoms with Crippen molar-refractivity contribution >= 4 is 21.8 Å². The second-order valence-corrected chi connectivity index (χ2v) is 7.05. The van der Waals surface area contributed by atoms with E-state index < -0.39 is 0 Å². The Balaban J connectivity index is 1.71. The smallest absolute Gasteiger partial charge is 0.101 e. The number of aromatic nitrogens is 1. The Bertz CT molecular complexity index is 1370. The van der Waals surface area contributed by atoms with E-state index in [4.69, 9.17) is 0 Å². The third kappa shape index (κ3) is 2.49. The summed E-state index contributed by atoms with van der Waals surface area (Å²) in [5.74, 6) is 0. The van der Waals surface area contributed by atoms with Gasteiger partial charge in [-0.25, -0.2) is 0 Å². The second kappa shape index (κ2) is 6.40. The van der Waals surface area contributed by atoms with E-state index in [-0.39, 0.29) is 0 Å². The molecule has 4 aromatic carbocycles. The van der Waals surface area contributed by atoms with Crippen molar-refractivity contribution in [2.24, 2.45) is 7.05 Å². The Labute approximate surface area is 163 Å². The molecule has 0 saturated carbocycles. The predicted octanol–water partition coefficient (Wildman–Crippen LogP) is 6.54. The van der Waals surface area contributed by atoms with Crippen LogP contribution < -0.4 is 0 Å². The van der Waals surface area contributed by atoms with Crippen LogP contribution >= 0.6 is 0 Å². The third-order valence-electron chi connectivity index (χ3n) is 5.44. The van der Waals surface area contributed by atoms with Crippen molar-refractivity contribution in [1.82, 2.24) is 4.57 Å². The zero-order chi connectivity index (χ0) is 19.1. The van der Waals surface area contributed by atoms with Crippen LogP contribution in [0.3, 0.4) is 0 Å². The van der Waals surface area contributed by atoms with Gasteiger partial charge in [0.05, 0.1) is 11.1 Å². The SMILES string of the molecule is Cn1c2ccc(-c3cccc(-c4ccccc4)c3)cc2c2cccc(C#N)c21. The maximum absolute atomic E-state index is 9.49. The zero-order valence-electron chi connectivity index (χ0n) is 15.6. The lowest BCUT2D eigenvalue weighted by Crippen LogP contribution is -1.89. The van der Waals surface area contributed by atoms with Crippen LogP contribution in [-0.2, 0) is 7.05 Å². The van der Waals surface area contributed by atoms with Gasteiger partial charge in [-0.2, -0.15) is 5.26 Å². The van der Waals surface area contributed by atoms with E-state index in [0.717, 1.165) is 16.4 Å². The zero-order valence-corrected chi connectivity index (χ0v) is 15.6. The van der Waals surface area contributed by atoms with Gasteiger partial charge in [0.2, 0.25) is 0 Å². The maximum atomic E-state index is 9.49. The molecule has 0 radical (unpaired) electrons. The summed E-state index contributed by atoms with van der Waals surface area (Å²) in [6.45, 7) is 0. The molecule has 1 aromatic heterocycles. The summed E-state index contributed by atoms with van der Waals surface area (Å²) in [4.78, 5) is 0. The number of nitriles is 1. The molecule has 0 N–H and O–H groups in total. The molecule has 0 spiro atoms. The first-order valence-corrected chi connectivity index (χ1v) is 9.33. The lowest BCUT2D eigenvalue weighted by molar-refractivity contribution is 1.01. The van der Waals surface area contributed by atoms with Crippen molar-refractivity contribution in [3.63, 3.8) is 0 Å². The Morgan fingerprint density at radius 1 is 0.643 bits per heavy atom. The van der Waals surface area contributed by atoms with Crippen molar-refractivity contribution in [2.75, 3.05) is 0 Å². The van der Waals surface area contributed by atoms with Gasteiger partial charge in [-0.15, -0.1) is 0 Å². The van der Waals surface area contributed by atoms with E-state index in [1.807, 2.05) is 25.2 Å². The van der Waals surface area contributed by atoms with E-state index in [0.29, 0.717) is 5.56 Å². The fourth-order valence-electron chi connectivity index (χ4n) is 4.07. The van der Waals surface area contributed by atoms with Crippen molar-refractivity contribution in [1.29, 1.82) is 5.26 Å². The van der Waals surface area contributed by atoms with E-state index >= 15 is 0 Å². The highest BCUT2D eigenvalue weighted by Crippen LogP contribution is 2.34. The number of hydrogen-bond donors (Lipinski definition) is 0. The van der Waals surface area contributed by atoms with E-state index in [1.165, 1.54) is 27.6 Å². The molecule has 0 fully saturated rings. The van der Waals surface area contributed by atoms with Gasteiger partial charge in [-0.1, -0.05) is 66.7 Å². The first-order chi connectivity index (χ1) is 13.8. The average Bonchev–Trinajstić information content (AvgIpc) is 3.06. The fourth-order valence-corrected chi connectivity index (χ4v) is 4.07. The quantitative estimate of drug-likeness (QED) is 0.352. The largest absolute Gasteiger partial charge is 0.343 e. The lowest BCUT2D eigenvalue weighted by Gasteiger charge is -2.07. The van der Waals surface area contributed by atoms with Crippen molar-refractivity contribution in [2.45, 2.75) is 0 Å². The van der Waals surface area contributed by atoms with Crippen LogP contribution in [0.2, 0.25) is 0 Å². The highest BCUT2D eigenvalue weighted by atomic mass is 14.9. The van der Waals surface area contributed by atoms with Crippen molar-refractivity contribution < 1.29 is 0 Å². The van der Waals surface area contributed by atoms with Gasteiger partial charge in [-0.05, 0) is 46.5 Å². The standard InChI is InChI=1S/C26H18N2/c1-28-25-14-13-21(16-24(25)23-12-6-11-22(17-27)26(23)28)20-10-5-9-19(15-20)18-7-3-2-4-8-18/h2-16H,1H3. The van der Waals surface area contributed by atoms with Crippen LogP contribution in [-0.4, -0.2) is 4.57 Å². The molecule has 0 aliphatic heterocycles. The van der Waals surface area contributed by atoms with E-state index in [9.17, 15) is 5.26 Å². The number of aryl methyl sites for hydroxylation is 1. The molecule has 0 aliphatic rings. The minimum atomic E-state index is 0.712. The maximum Gasteiger partial charge on any atom is 0.101 e. The molecule has 132 valence electrons. The molecular weight excluding hydrogens is 340 g/mol. The lowest BCUT2D eigenvalue weighted by atomic mass is 9.98. The third-order valence-corrected chi connectivity index (χ3v) is 5.44. The number of rotatable bonds is 2. The monoisotopic (exact) mass is 358 g/mol. The number of fused-ring (bicyclic) bond motifs is 3. The van der Waals surface area contributed by atoms with Crippen LogP contribution in [0, 0.1) is 11.3 Å². The number of benzene rings is 4. The molecule has 0 unspecified atom stereocenters. The van der Waals surface area contributed by atoms with Crippen LogP contribution in [0.15, 0.2) is 91.0 Å². The average molecular weight is 358 g/mol. The van der Waals surface area contributed by atoms with Gasteiger partial charge < -0.3 is 4.57 Å². The highest BCUT2D eigenvalue weighted by molar-refractivity contribution is 6.10. The normalized spacial score (nSPS) is 11.0. The van der Waals surface area contributed by atoms with Crippen LogP contribution in [0.1, 0.15) is 5.56 Å². The number of nitrogens with zero attached hydrogens (tertiary/aromatic N) is 2. The van der Waals surface area contributed by atoms with Gasteiger partial charge in [0, 0.05) is 23.3 Å². The molecule has 2 heteroatoms. The number of para-hydroxylation sites is 1. The van der Waals surface area contributed by atoms with Gasteiger partial charge in [0.1, 0.15) is 6.07 Å². The van der Waals surface area contributed by atoms with Gasteiger partial charge in [0.25, 0.3) is 0 Å². The Morgan fingerprint density at radius 2 is 1.32 bits per heavy atom. The van der Waals surface area contributed by atoms with Crippen molar-refractivity contribution in [3.8, 4) is 28.3 Å². The topological polar surface area (TPSA) is 28.7 Å². The molecule has 5 aromatic rings. The van der Waals surface area contributed by atoms with Gasteiger partial charge in [-0.3, -0.25) is 0 Å². The summed E-state index contributed by atoms with van der Waals surface area (Å²) in [7, 11) is 2.03. The molecule has 1 heterocycles. The van der Waals surface area contributed by atoms with Crippen LogP contribution in [0.5, 0.6) is 0 Å². The van der Waals surface area contributed by atoms with E-state index in [1.54, 1.807) is 0 Å². The second-order valence-electron chi connectivity index (χ2n) is 7.05. The summed E-state index contributed by atoms with van der Waals surface area (Å²) >= 11 is 0. The molecular formula is C26H18N2. The summed E-state index contributed by atoms with van der Waals surface area (Å²) < 4.78 is 2.12. The number of hydrogen-bond acceptors (Lipinski definition) is 1. The molecule has 0 saturated heterocycles. The molecule has 28 heavy (non-hydrogen) atoms. The minimum Gasteiger partial charge on any atom is -0.343 e. The Hall–Kier alpha value is -3.83. The highest BCUT2D eigenvalue weighted by Gasteiger charge is 2.12. The fraction of sp³-hybridized carbons (Fsp3) is 0.0385. The summed E-state index contributed by atoms with van der Waals surface area (Å²) in [6, 6.07) is 33.9. The predicted molar refractivity (Wildman–Crippen MR) is 116 cm³/mol. The van der Waals surface area contributed by atoms with Gasteiger partial charge >= 0.3 is 0 Å². The van der Waals surface area contributed by atoms with Gasteiger partial charge in [0.15, 0.2) is 0 Å². The molecule has 0 bridgehead atoms. The minimum absolute atomic E-state index is 0.712. The Morgan fingerprint density at radius 3 is 2.11 bits per heavy atom. The van der Waals surface area contributed by atoms with Crippen LogP contribution in [0.25, 0.3) is 44.1 Å². The molecule has 2 nitrogen and oxygen atoms in total. The summed E-state index contributed by atoms with van der Waals surface area (Å²) in [5, 5.41) is 11.8. The molecule has 0 atom stereocenters. The Kier molecular flexibility index (Phi) is 3.74. The molecule has 0 aliphatic carbocycles.